The van der Waals surface area contributed by atoms with E-state index in [1.54, 1.807) is 30.3 Å². The van der Waals surface area contributed by atoms with Gasteiger partial charge in [0.25, 0.3) is 5.91 Å². The molecule has 0 aromatic heterocycles. The lowest BCUT2D eigenvalue weighted by Gasteiger charge is -2.12. The quantitative estimate of drug-likeness (QED) is 0.186. The van der Waals surface area contributed by atoms with Crippen molar-refractivity contribution in [3.05, 3.63) is 96.2 Å². The summed E-state index contributed by atoms with van der Waals surface area (Å²) in [5.41, 5.74) is 1.44. The zero-order valence-electron chi connectivity index (χ0n) is 15.8. The average molecular weight is 612 g/mol. The third-order valence-corrected chi connectivity index (χ3v) is 5.76. The Bertz CT molecular complexity index is 1170. The number of anilines is 1. The molecule has 3 rings (SSSR count). The highest BCUT2D eigenvalue weighted by Gasteiger charge is 2.14. The molecule has 0 spiro atoms. The van der Waals surface area contributed by atoms with Crippen molar-refractivity contribution in [2.75, 3.05) is 5.32 Å². The number of halogens is 4. The summed E-state index contributed by atoms with van der Waals surface area (Å²) in [6, 6.07) is 18.5. The van der Waals surface area contributed by atoms with Crippen molar-refractivity contribution >= 4 is 67.8 Å². The number of hydrogen-bond donors (Lipinski definition) is 1. The molecule has 0 aliphatic heterocycles. The van der Waals surface area contributed by atoms with Gasteiger partial charge in [0.15, 0.2) is 0 Å². The van der Waals surface area contributed by atoms with Crippen molar-refractivity contribution in [3.8, 4) is 11.8 Å². The number of nitrogens with one attached hydrogen (secondary N) is 1. The van der Waals surface area contributed by atoms with Crippen LogP contribution in [0.4, 0.5) is 10.1 Å². The van der Waals surface area contributed by atoms with Gasteiger partial charge in [0.2, 0.25) is 0 Å². The number of nitriles is 1. The minimum atomic E-state index is -0.693. The second-order valence-electron chi connectivity index (χ2n) is 6.33. The SMILES string of the molecule is N#C/C(=C/c1cc(Br)c(OCc2ccc(Cl)cc2)c(I)c1)C(=O)Nc1ccccc1F. The van der Waals surface area contributed by atoms with Crippen LogP contribution in [0.2, 0.25) is 5.02 Å². The fourth-order valence-electron chi connectivity index (χ4n) is 2.60. The predicted molar refractivity (Wildman–Crippen MR) is 131 cm³/mol. The third-order valence-electron chi connectivity index (χ3n) is 4.12. The van der Waals surface area contributed by atoms with Crippen molar-refractivity contribution in [1.29, 1.82) is 5.26 Å². The van der Waals surface area contributed by atoms with Gasteiger partial charge in [-0.2, -0.15) is 5.26 Å². The molecule has 4 nitrogen and oxygen atoms in total. The molecule has 0 aliphatic rings. The van der Waals surface area contributed by atoms with E-state index in [0.29, 0.717) is 27.4 Å². The Labute approximate surface area is 205 Å². The van der Waals surface area contributed by atoms with Gasteiger partial charge < -0.3 is 10.1 Å². The van der Waals surface area contributed by atoms with E-state index < -0.39 is 11.7 Å². The molecule has 3 aromatic rings. The first-order valence-electron chi connectivity index (χ1n) is 8.91. The molecular formula is C23H14BrClFIN2O2. The number of hydrogen-bond acceptors (Lipinski definition) is 3. The summed E-state index contributed by atoms with van der Waals surface area (Å²) in [6.45, 7) is 0.357. The summed E-state index contributed by atoms with van der Waals surface area (Å²) < 4.78 is 21.1. The van der Waals surface area contributed by atoms with Gasteiger partial charge in [-0.25, -0.2) is 4.39 Å². The van der Waals surface area contributed by atoms with Crippen LogP contribution in [0.25, 0.3) is 6.08 Å². The largest absolute Gasteiger partial charge is 0.487 e. The Balaban J connectivity index is 1.78. The highest BCUT2D eigenvalue weighted by Crippen LogP contribution is 2.33. The summed E-state index contributed by atoms with van der Waals surface area (Å²) in [7, 11) is 0. The van der Waals surface area contributed by atoms with Gasteiger partial charge in [-0.05, 0) is 92.1 Å². The molecule has 0 fully saturated rings. The lowest BCUT2D eigenvalue weighted by atomic mass is 10.1. The van der Waals surface area contributed by atoms with Crippen LogP contribution in [0.1, 0.15) is 11.1 Å². The van der Waals surface area contributed by atoms with E-state index in [-0.39, 0.29) is 11.3 Å². The number of amides is 1. The van der Waals surface area contributed by atoms with Crippen LogP contribution < -0.4 is 10.1 Å². The maximum Gasteiger partial charge on any atom is 0.266 e. The van der Waals surface area contributed by atoms with E-state index in [1.807, 2.05) is 18.2 Å². The number of ether oxygens (including phenoxy) is 1. The highest BCUT2D eigenvalue weighted by molar-refractivity contribution is 14.1. The van der Waals surface area contributed by atoms with E-state index in [2.05, 4.69) is 43.8 Å². The molecule has 0 atom stereocenters. The molecule has 3 aromatic carbocycles. The van der Waals surface area contributed by atoms with Crippen LogP contribution >= 0.6 is 50.1 Å². The van der Waals surface area contributed by atoms with Crippen LogP contribution in [0.15, 0.2) is 70.7 Å². The predicted octanol–water partition coefficient (Wildman–Crippen LogP) is 6.97. The van der Waals surface area contributed by atoms with E-state index in [0.717, 1.165) is 9.13 Å². The van der Waals surface area contributed by atoms with Crippen LogP contribution in [0, 0.1) is 20.7 Å². The second-order valence-corrected chi connectivity index (χ2v) is 8.79. The number of para-hydroxylation sites is 1. The maximum atomic E-state index is 13.8. The van der Waals surface area contributed by atoms with Crippen LogP contribution in [-0.4, -0.2) is 5.91 Å². The first-order valence-corrected chi connectivity index (χ1v) is 11.2. The first-order chi connectivity index (χ1) is 14.9. The Hall–Kier alpha value is -2.41. The molecule has 0 bridgehead atoms. The fourth-order valence-corrected chi connectivity index (χ4v) is 4.50. The topological polar surface area (TPSA) is 62.1 Å². The minimum absolute atomic E-state index is 0.00959. The van der Waals surface area contributed by atoms with Gasteiger partial charge in [0.05, 0.1) is 13.7 Å². The third kappa shape index (κ3) is 6.29. The summed E-state index contributed by atoms with van der Waals surface area (Å²) >= 11 is 11.5. The molecule has 0 aliphatic carbocycles. The van der Waals surface area contributed by atoms with Crippen molar-refractivity contribution in [3.63, 3.8) is 0 Å². The first kappa shape index (κ1) is 23.3. The van der Waals surface area contributed by atoms with E-state index in [1.165, 1.54) is 24.3 Å². The van der Waals surface area contributed by atoms with Gasteiger partial charge >= 0.3 is 0 Å². The monoisotopic (exact) mass is 610 g/mol. The molecule has 1 N–H and O–H groups in total. The second kappa shape index (κ2) is 10.8. The molecule has 1 amide bonds. The number of nitrogens with zero attached hydrogens (tertiary/aromatic N) is 1. The van der Waals surface area contributed by atoms with E-state index in [9.17, 15) is 14.4 Å². The molecule has 0 saturated heterocycles. The Kier molecular flexibility index (Phi) is 8.07. The summed E-state index contributed by atoms with van der Waals surface area (Å²) in [5, 5.41) is 12.5. The van der Waals surface area contributed by atoms with E-state index in [4.69, 9.17) is 16.3 Å². The van der Waals surface area contributed by atoms with Crippen molar-refractivity contribution in [2.45, 2.75) is 6.61 Å². The molecule has 0 heterocycles. The van der Waals surface area contributed by atoms with Crippen molar-refractivity contribution < 1.29 is 13.9 Å². The van der Waals surface area contributed by atoms with Crippen LogP contribution in [0.3, 0.4) is 0 Å². The zero-order valence-corrected chi connectivity index (χ0v) is 20.3. The van der Waals surface area contributed by atoms with Crippen LogP contribution in [-0.2, 0) is 11.4 Å². The number of benzene rings is 3. The molecule has 0 unspecified atom stereocenters. The summed E-state index contributed by atoms with van der Waals surface area (Å²) in [4.78, 5) is 12.4. The average Bonchev–Trinajstić information content (AvgIpc) is 2.74. The zero-order chi connectivity index (χ0) is 22.4. The molecule has 0 radical (unpaired) electrons. The number of carbonyl (C=O) groups is 1. The van der Waals surface area contributed by atoms with Gasteiger partial charge in [-0.1, -0.05) is 35.9 Å². The van der Waals surface area contributed by atoms with Crippen LogP contribution in [0.5, 0.6) is 5.75 Å². The highest BCUT2D eigenvalue weighted by atomic mass is 127. The molecular weight excluding hydrogens is 598 g/mol. The normalized spacial score (nSPS) is 11.0. The van der Waals surface area contributed by atoms with E-state index >= 15 is 0 Å². The van der Waals surface area contributed by atoms with Crippen molar-refractivity contribution in [2.24, 2.45) is 0 Å². The lowest BCUT2D eigenvalue weighted by molar-refractivity contribution is -0.112. The molecule has 156 valence electrons. The smallest absolute Gasteiger partial charge is 0.266 e. The number of carbonyl (C=O) groups excluding carboxylic acids is 1. The Morgan fingerprint density at radius 2 is 1.94 bits per heavy atom. The van der Waals surface area contributed by atoms with Gasteiger partial charge in [0, 0.05) is 5.02 Å². The minimum Gasteiger partial charge on any atom is -0.487 e. The summed E-state index contributed by atoms with van der Waals surface area (Å²) in [6.07, 6.45) is 1.44. The number of rotatable bonds is 6. The van der Waals surface area contributed by atoms with Gasteiger partial charge in [0.1, 0.15) is 29.8 Å². The maximum absolute atomic E-state index is 13.8. The summed E-state index contributed by atoms with van der Waals surface area (Å²) in [5.74, 6) is -0.628. The molecule has 8 heteroatoms. The lowest BCUT2D eigenvalue weighted by Crippen LogP contribution is -2.14. The molecule has 0 saturated carbocycles. The van der Waals surface area contributed by atoms with Crippen molar-refractivity contribution in [1.82, 2.24) is 0 Å². The Morgan fingerprint density at radius 3 is 2.58 bits per heavy atom. The van der Waals surface area contributed by atoms with Gasteiger partial charge in [-0.15, -0.1) is 0 Å². The molecule has 31 heavy (non-hydrogen) atoms. The Morgan fingerprint density at radius 1 is 1.23 bits per heavy atom. The van der Waals surface area contributed by atoms with Gasteiger partial charge in [-0.3, -0.25) is 4.79 Å². The standard InChI is InChI=1S/C23H14BrClFIN2O2/c24-18-10-15(9-16(12-28)23(30)29-21-4-2-1-3-19(21)26)11-20(27)22(18)31-13-14-5-7-17(25)8-6-14/h1-11H,13H2,(H,29,30)/b16-9-. The fraction of sp³-hybridized carbons (Fsp3) is 0.0435.